The van der Waals surface area contributed by atoms with Crippen LogP contribution in [0.15, 0.2) is 48.7 Å². The lowest BCUT2D eigenvalue weighted by atomic mass is 9.79. The molecule has 2 fully saturated rings. The highest BCUT2D eigenvalue weighted by Crippen LogP contribution is 2.39. The van der Waals surface area contributed by atoms with Crippen molar-refractivity contribution in [1.82, 2.24) is 30.0 Å². The molecule has 2 aliphatic rings. The number of benzene rings is 2. The summed E-state index contributed by atoms with van der Waals surface area (Å²) in [6.45, 7) is 11.8. The van der Waals surface area contributed by atoms with Gasteiger partial charge in [-0.2, -0.15) is 0 Å². The second-order valence-corrected chi connectivity index (χ2v) is 12.1. The van der Waals surface area contributed by atoms with Crippen molar-refractivity contribution in [3.63, 3.8) is 0 Å². The van der Waals surface area contributed by atoms with Gasteiger partial charge in [-0.1, -0.05) is 31.5 Å². The molecule has 3 aromatic rings. The van der Waals surface area contributed by atoms with Gasteiger partial charge in [0.05, 0.1) is 29.0 Å². The first-order valence-corrected chi connectivity index (χ1v) is 14.7. The molecule has 5 rings (SSSR count). The van der Waals surface area contributed by atoms with E-state index in [0.717, 1.165) is 75.1 Å². The van der Waals surface area contributed by atoms with Crippen LogP contribution in [0.1, 0.15) is 69.3 Å². The highest BCUT2D eigenvalue weighted by Gasteiger charge is 2.38. The molecule has 0 amide bonds. The minimum atomic E-state index is -0.0493. The Morgan fingerprint density at radius 2 is 1.79 bits per heavy atom. The maximum absolute atomic E-state index is 10.1. The van der Waals surface area contributed by atoms with Crippen LogP contribution in [-0.4, -0.2) is 82.1 Å². The first-order valence-electron chi connectivity index (χ1n) is 14.7. The molecule has 0 aliphatic carbocycles. The number of nitrogens with one attached hydrogen (secondary N) is 1. The van der Waals surface area contributed by atoms with Gasteiger partial charge in [0, 0.05) is 50.3 Å². The van der Waals surface area contributed by atoms with Crippen molar-refractivity contribution in [3.8, 4) is 5.75 Å². The Morgan fingerprint density at radius 1 is 1.05 bits per heavy atom. The molecule has 3 heterocycles. The van der Waals surface area contributed by atoms with E-state index in [1.165, 1.54) is 11.1 Å². The number of rotatable bonds is 8. The van der Waals surface area contributed by atoms with Crippen molar-refractivity contribution in [1.29, 1.82) is 0 Å². The monoisotopic (exact) mass is 530 g/mol. The first-order chi connectivity index (χ1) is 18.8. The third kappa shape index (κ3) is 6.12. The summed E-state index contributed by atoms with van der Waals surface area (Å²) in [5, 5.41) is 13.8. The Hall–Kier alpha value is -2.58. The Bertz CT molecular complexity index is 1240. The Labute approximate surface area is 234 Å². The molecule has 0 bridgehead atoms. The highest BCUT2D eigenvalue weighted by atomic mass is 16.3. The summed E-state index contributed by atoms with van der Waals surface area (Å²) >= 11 is 0. The predicted octanol–water partition coefficient (Wildman–Crippen LogP) is 4.91. The molecule has 7 heteroatoms. The van der Waals surface area contributed by atoms with E-state index < -0.39 is 0 Å². The number of fused-ring (bicyclic) bond motifs is 1. The SMILES string of the molecule is CCC[C@H](c1cnc2ccc(CN3CCC(c4cccc(O)c4)(N(C)C)CC3)cc2n1)N1C[C@@H](C)N[C@@H](C)C1. The Balaban J connectivity index is 1.31. The topological polar surface area (TPSA) is 67.8 Å². The van der Waals surface area contributed by atoms with Gasteiger partial charge in [-0.05, 0) is 82.6 Å². The fourth-order valence-electron chi connectivity index (χ4n) is 6.87. The first kappa shape index (κ1) is 28.0. The zero-order valence-electron chi connectivity index (χ0n) is 24.4. The lowest BCUT2D eigenvalue weighted by Gasteiger charge is -2.46. The Kier molecular flexibility index (Phi) is 8.52. The number of piperazine rings is 1. The van der Waals surface area contributed by atoms with Gasteiger partial charge >= 0.3 is 0 Å². The molecular formula is C32H46N6O. The van der Waals surface area contributed by atoms with Crippen molar-refractivity contribution in [3.05, 3.63) is 65.5 Å². The number of phenols is 1. The van der Waals surface area contributed by atoms with Gasteiger partial charge in [0.25, 0.3) is 0 Å². The fourth-order valence-corrected chi connectivity index (χ4v) is 6.87. The average molecular weight is 531 g/mol. The summed E-state index contributed by atoms with van der Waals surface area (Å²) in [6, 6.07) is 15.7. The number of aromatic hydroxyl groups is 1. The number of hydrogen-bond acceptors (Lipinski definition) is 7. The number of nitrogens with zero attached hydrogens (tertiary/aromatic N) is 5. The van der Waals surface area contributed by atoms with Crippen LogP contribution < -0.4 is 5.32 Å². The molecule has 7 nitrogen and oxygen atoms in total. The number of piperidine rings is 1. The number of likely N-dealkylation sites (tertiary alicyclic amines) is 1. The normalized spacial score (nSPS) is 23.3. The van der Waals surface area contributed by atoms with E-state index in [4.69, 9.17) is 9.97 Å². The van der Waals surface area contributed by atoms with E-state index in [-0.39, 0.29) is 5.54 Å². The zero-order valence-corrected chi connectivity index (χ0v) is 24.4. The fraction of sp³-hybridized carbons (Fsp3) is 0.562. The van der Waals surface area contributed by atoms with Crippen molar-refractivity contribution < 1.29 is 5.11 Å². The maximum atomic E-state index is 10.1. The molecule has 2 aromatic carbocycles. The van der Waals surface area contributed by atoms with Crippen molar-refractivity contribution in [2.24, 2.45) is 0 Å². The summed E-state index contributed by atoms with van der Waals surface area (Å²) in [5.74, 6) is 0.343. The minimum Gasteiger partial charge on any atom is -0.508 e. The molecule has 3 atom stereocenters. The smallest absolute Gasteiger partial charge is 0.115 e. The van der Waals surface area contributed by atoms with Gasteiger partial charge in [-0.15, -0.1) is 0 Å². The predicted molar refractivity (Wildman–Crippen MR) is 159 cm³/mol. The third-order valence-corrected chi connectivity index (χ3v) is 8.88. The van der Waals surface area contributed by atoms with Crippen LogP contribution in [-0.2, 0) is 12.1 Å². The highest BCUT2D eigenvalue weighted by molar-refractivity contribution is 5.74. The summed E-state index contributed by atoms with van der Waals surface area (Å²) < 4.78 is 0. The number of hydrogen-bond donors (Lipinski definition) is 2. The molecule has 2 saturated heterocycles. The molecule has 0 saturated carbocycles. The molecule has 2 aliphatic heterocycles. The van der Waals surface area contributed by atoms with E-state index in [0.29, 0.717) is 23.9 Å². The van der Waals surface area contributed by atoms with Gasteiger partial charge in [0.2, 0.25) is 0 Å². The van der Waals surface area contributed by atoms with Crippen molar-refractivity contribution >= 4 is 11.0 Å². The molecule has 0 spiro atoms. The zero-order chi connectivity index (χ0) is 27.6. The molecule has 2 N–H and O–H groups in total. The van der Waals surface area contributed by atoms with Crippen LogP contribution in [0.3, 0.4) is 0 Å². The standard InChI is InChI=1S/C32H46N6O/c1-6-8-31(38-20-23(2)34-24(3)21-38)30-19-33-28-12-11-25(17-29(28)35-30)22-37-15-13-32(14-16-37,36(4)5)26-9-7-10-27(39)18-26/h7,9-12,17-19,23-24,31,34,39H,6,8,13-16,20-22H2,1-5H3/t23-,24+,31-/m1/s1. The second-order valence-electron chi connectivity index (χ2n) is 12.1. The van der Waals surface area contributed by atoms with Gasteiger partial charge < -0.3 is 10.4 Å². The lowest BCUT2D eigenvalue weighted by molar-refractivity contribution is 0.0506. The van der Waals surface area contributed by atoms with Crippen LogP contribution in [0.2, 0.25) is 0 Å². The van der Waals surface area contributed by atoms with Gasteiger partial charge in [-0.3, -0.25) is 19.7 Å². The number of aromatic nitrogens is 2. The molecule has 1 aromatic heterocycles. The second kappa shape index (κ2) is 11.9. The average Bonchev–Trinajstić information content (AvgIpc) is 2.91. The van der Waals surface area contributed by atoms with Crippen LogP contribution in [0, 0.1) is 0 Å². The van der Waals surface area contributed by atoms with Crippen LogP contribution in [0.25, 0.3) is 11.0 Å². The lowest BCUT2D eigenvalue weighted by Crippen LogP contribution is -2.55. The van der Waals surface area contributed by atoms with Gasteiger partial charge in [-0.25, -0.2) is 4.98 Å². The van der Waals surface area contributed by atoms with E-state index in [9.17, 15) is 5.11 Å². The third-order valence-electron chi connectivity index (χ3n) is 8.88. The Morgan fingerprint density at radius 3 is 2.46 bits per heavy atom. The van der Waals surface area contributed by atoms with E-state index in [2.05, 4.69) is 79.1 Å². The summed E-state index contributed by atoms with van der Waals surface area (Å²) in [5.41, 5.74) is 5.51. The summed E-state index contributed by atoms with van der Waals surface area (Å²) in [6.07, 6.45) is 6.29. The van der Waals surface area contributed by atoms with Gasteiger partial charge in [0.1, 0.15) is 5.75 Å². The molecule has 39 heavy (non-hydrogen) atoms. The van der Waals surface area contributed by atoms with Gasteiger partial charge in [0.15, 0.2) is 0 Å². The quantitative estimate of drug-likeness (QED) is 0.429. The van der Waals surface area contributed by atoms with Crippen LogP contribution in [0.4, 0.5) is 0 Å². The molecular weight excluding hydrogens is 484 g/mol. The van der Waals surface area contributed by atoms with Crippen LogP contribution in [0.5, 0.6) is 5.75 Å². The van der Waals surface area contributed by atoms with Crippen molar-refractivity contribution in [2.45, 2.75) is 76.7 Å². The van der Waals surface area contributed by atoms with E-state index >= 15 is 0 Å². The molecule has 210 valence electrons. The molecule has 0 radical (unpaired) electrons. The van der Waals surface area contributed by atoms with Crippen LogP contribution >= 0.6 is 0 Å². The largest absolute Gasteiger partial charge is 0.508 e. The summed E-state index contributed by atoms with van der Waals surface area (Å²) in [4.78, 5) is 17.5. The van der Waals surface area contributed by atoms with E-state index in [1.807, 2.05) is 18.3 Å². The van der Waals surface area contributed by atoms with Crippen molar-refractivity contribution in [2.75, 3.05) is 40.3 Å². The minimum absolute atomic E-state index is 0.0493. The molecule has 0 unspecified atom stereocenters. The summed E-state index contributed by atoms with van der Waals surface area (Å²) in [7, 11) is 4.32. The maximum Gasteiger partial charge on any atom is 0.115 e. The van der Waals surface area contributed by atoms with E-state index in [1.54, 1.807) is 6.07 Å². The number of phenolic OH excluding ortho intramolecular Hbond substituents is 1.